The van der Waals surface area contributed by atoms with Crippen LogP contribution in [0.5, 0.6) is 0 Å². The lowest BCUT2D eigenvalue weighted by atomic mass is 9.79. The van der Waals surface area contributed by atoms with Crippen LogP contribution in [-0.2, 0) is 4.79 Å². The van der Waals surface area contributed by atoms with Crippen LogP contribution in [0.15, 0.2) is 0 Å². The largest absolute Gasteiger partial charge is 0.481 e. The van der Waals surface area contributed by atoms with Gasteiger partial charge in [-0.05, 0) is 44.2 Å². The van der Waals surface area contributed by atoms with Crippen molar-refractivity contribution in [1.82, 2.24) is 5.32 Å². The summed E-state index contributed by atoms with van der Waals surface area (Å²) in [5, 5.41) is 12.8. The zero-order chi connectivity index (χ0) is 13.5. The second-order valence-electron chi connectivity index (χ2n) is 6.49. The highest BCUT2D eigenvalue weighted by Crippen LogP contribution is 2.30. The fourth-order valence-corrected chi connectivity index (χ4v) is 3.85. The van der Waals surface area contributed by atoms with E-state index in [-0.39, 0.29) is 5.92 Å². The first-order valence-electron chi connectivity index (χ1n) is 8.21. The van der Waals surface area contributed by atoms with E-state index in [1.165, 1.54) is 44.9 Å². The number of carboxylic acid groups (broad SMARTS) is 1. The molecule has 0 aliphatic heterocycles. The van der Waals surface area contributed by atoms with E-state index in [2.05, 4.69) is 5.32 Å². The van der Waals surface area contributed by atoms with Crippen molar-refractivity contribution in [1.29, 1.82) is 0 Å². The summed E-state index contributed by atoms with van der Waals surface area (Å²) in [5.74, 6) is 0.593. The Morgan fingerprint density at radius 3 is 2.42 bits per heavy atom. The van der Waals surface area contributed by atoms with Gasteiger partial charge in [0.15, 0.2) is 0 Å². The van der Waals surface area contributed by atoms with Gasteiger partial charge in [0, 0.05) is 0 Å². The molecule has 2 N–H and O–H groups in total. The van der Waals surface area contributed by atoms with Crippen molar-refractivity contribution >= 4 is 5.97 Å². The smallest absolute Gasteiger partial charge is 0.306 e. The van der Waals surface area contributed by atoms with Crippen LogP contribution in [0.3, 0.4) is 0 Å². The first kappa shape index (κ1) is 14.8. The third-order valence-corrected chi connectivity index (χ3v) is 5.09. The van der Waals surface area contributed by atoms with Crippen LogP contribution in [0.2, 0.25) is 0 Å². The minimum Gasteiger partial charge on any atom is -0.481 e. The molecule has 2 aliphatic carbocycles. The molecule has 0 spiro atoms. The van der Waals surface area contributed by atoms with Gasteiger partial charge in [-0.3, -0.25) is 4.79 Å². The molecule has 19 heavy (non-hydrogen) atoms. The van der Waals surface area contributed by atoms with E-state index in [1.54, 1.807) is 0 Å². The molecule has 0 aromatic carbocycles. The molecule has 2 fully saturated rings. The van der Waals surface area contributed by atoms with Crippen LogP contribution in [0.25, 0.3) is 0 Å². The van der Waals surface area contributed by atoms with Crippen molar-refractivity contribution in [2.75, 3.05) is 13.1 Å². The van der Waals surface area contributed by atoms with Gasteiger partial charge in [-0.15, -0.1) is 0 Å². The topological polar surface area (TPSA) is 49.3 Å². The molecule has 0 amide bonds. The monoisotopic (exact) mass is 267 g/mol. The average molecular weight is 267 g/mol. The van der Waals surface area contributed by atoms with E-state index in [0.29, 0.717) is 5.92 Å². The van der Waals surface area contributed by atoms with Crippen molar-refractivity contribution in [3.63, 3.8) is 0 Å². The summed E-state index contributed by atoms with van der Waals surface area (Å²) in [5.41, 5.74) is 0. The van der Waals surface area contributed by atoms with Gasteiger partial charge < -0.3 is 10.4 Å². The Labute approximate surface area is 117 Å². The lowest BCUT2D eigenvalue weighted by Gasteiger charge is -2.29. The Hall–Kier alpha value is -0.570. The second kappa shape index (κ2) is 7.88. The minimum atomic E-state index is -0.584. The molecule has 2 unspecified atom stereocenters. The van der Waals surface area contributed by atoms with Gasteiger partial charge in [0.2, 0.25) is 0 Å². The van der Waals surface area contributed by atoms with Crippen molar-refractivity contribution in [2.24, 2.45) is 17.8 Å². The van der Waals surface area contributed by atoms with Crippen LogP contribution in [-0.4, -0.2) is 24.2 Å². The number of aliphatic carboxylic acids is 1. The Morgan fingerprint density at radius 2 is 1.68 bits per heavy atom. The molecule has 0 heterocycles. The normalized spacial score (nSPS) is 29.3. The summed E-state index contributed by atoms with van der Waals surface area (Å²) in [6.07, 6.45) is 12.6. The maximum atomic E-state index is 11.2. The van der Waals surface area contributed by atoms with Crippen molar-refractivity contribution in [3.8, 4) is 0 Å². The summed E-state index contributed by atoms with van der Waals surface area (Å²) in [4.78, 5) is 11.2. The molecule has 0 aromatic heterocycles. The van der Waals surface area contributed by atoms with E-state index >= 15 is 0 Å². The van der Waals surface area contributed by atoms with Crippen LogP contribution >= 0.6 is 0 Å². The minimum absolute atomic E-state index is 0.101. The predicted octanol–water partition coefficient (Wildman–Crippen LogP) is 3.44. The molecule has 3 nitrogen and oxygen atoms in total. The molecular weight excluding hydrogens is 238 g/mol. The van der Waals surface area contributed by atoms with E-state index in [9.17, 15) is 9.90 Å². The maximum absolute atomic E-state index is 11.2. The van der Waals surface area contributed by atoms with Crippen molar-refractivity contribution in [3.05, 3.63) is 0 Å². The molecule has 3 heteroatoms. The first-order valence-corrected chi connectivity index (χ1v) is 8.21. The van der Waals surface area contributed by atoms with Gasteiger partial charge in [0.05, 0.1) is 5.92 Å². The second-order valence-corrected chi connectivity index (χ2v) is 6.49. The number of rotatable bonds is 6. The van der Waals surface area contributed by atoms with Gasteiger partial charge in [-0.1, -0.05) is 44.9 Å². The van der Waals surface area contributed by atoms with Gasteiger partial charge in [-0.2, -0.15) is 0 Å². The molecule has 2 atom stereocenters. The Bertz CT molecular complexity index is 274. The van der Waals surface area contributed by atoms with E-state index < -0.39 is 5.97 Å². The van der Waals surface area contributed by atoms with Crippen LogP contribution in [0, 0.1) is 17.8 Å². The standard InChI is InChI=1S/C16H29NO2/c18-16(19)15-9-5-4-8-14(15)12-17-11-10-13-6-2-1-3-7-13/h13-15,17H,1-12H2,(H,18,19). The van der Waals surface area contributed by atoms with E-state index in [1.807, 2.05) is 0 Å². The average Bonchev–Trinajstić information content (AvgIpc) is 2.45. The van der Waals surface area contributed by atoms with E-state index in [4.69, 9.17) is 0 Å². The number of carbonyl (C=O) groups is 1. The fraction of sp³-hybridized carbons (Fsp3) is 0.938. The van der Waals surface area contributed by atoms with Crippen LogP contribution in [0.4, 0.5) is 0 Å². The predicted molar refractivity (Wildman–Crippen MR) is 77.1 cm³/mol. The summed E-state index contributed by atoms with van der Waals surface area (Å²) in [6, 6.07) is 0. The summed E-state index contributed by atoms with van der Waals surface area (Å²) in [7, 11) is 0. The Balaban J connectivity index is 1.62. The third-order valence-electron chi connectivity index (χ3n) is 5.09. The lowest BCUT2D eigenvalue weighted by molar-refractivity contribution is -0.144. The molecule has 0 radical (unpaired) electrons. The molecule has 110 valence electrons. The van der Waals surface area contributed by atoms with Crippen LogP contribution < -0.4 is 5.32 Å². The molecular formula is C16H29NO2. The number of hydrogen-bond donors (Lipinski definition) is 2. The SMILES string of the molecule is O=C(O)C1CCCCC1CNCCC1CCCCC1. The summed E-state index contributed by atoms with van der Waals surface area (Å²) >= 11 is 0. The first-order chi connectivity index (χ1) is 9.27. The number of nitrogens with one attached hydrogen (secondary N) is 1. The molecule has 2 saturated carbocycles. The Morgan fingerprint density at radius 1 is 1.00 bits per heavy atom. The maximum Gasteiger partial charge on any atom is 0.306 e. The van der Waals surface area contributed by atoms with Crippen molar-refractivity contribution in [2.45, 2.75) is 64.2 Å². The zero-order valence-electron chi connectivity index (χ0n) is 12.1. The quantitative estimate of drug-likeness (QED) is 0.725. The zero-order valence-corrected chi connectivity index (χ0v) is 12.1. The van der Waals surface area contributed by atoms with Gasteiger partial charge in [-0.25, -0.2) is 0 Å². The summed E-state index contributed by atoms with van der Waals surface area (Å²) < 4.78 is 0. The summed E-state index contributed by atoms with van der Waals surface area (Å²) in [6.45, 7) is 1.98. The fourth-order valence-electron chi connectivity index (χ4n) is 3.85. The highest BCUT2D eigenvalue weighted by atomic mass is 16.4. The highest BCUT2D eigenvalue weighted by Gasteiger charge is 2.30. The number of carboxylic acids is 1. The molecule has 2 aliphatic rings. The van der Waals surface area contributed by atoms with Gasteiger partial charge >= 0.3 is 5.97 Å². The molecule has 0 saturated heterocycles. The lowest BCUT2D eigenvalue weighted by Crippen LogP contribution is -2.35. The van der Waals surface area contributed by atoms with Gasteiger partial charge in [0.1, 0.15) is 0 Å². The molecule has 0 bridgehead atoms. The van der Waals surface area contributed by atoms with E-state index in [0.717, 1.165) is 38.3 Å². The van der Waals surface area contributed by atoms with Crippen molar-refractivity contribution < 1.29 is 9.90 Å². The van der Waals surface area contributed by atoms with Crippen LogP contribution in [0.1, 0.15) is 64.2 Å². The Kier molecular flexibility index (Phi) is 6.15. The third kappa shape index (κ3) is 4.79. The van der Waals surface area contributed by atoms with Gasteiger partial charge in [0.25, 0.3) is 0 Å². The highest BCUT2D eigenvalue weighted by molar-refractivity contribution is 5.70. The molecule has 2 rings (SSSR count). The molecule has 0 aromatic rings. The number of hydrogen-bond acceptors (Lipinski definition) is 2.